The van der Waals surface area contributed by atoms with E-state index in [1.54, 1.807) is 6.33 Å². The highest BCUT2D eigenvalue weighted by atomic mass is 16.2. The lowest BCUT2D eigenvalue weighted by Crippen LogP contribution is -2.44. The number of aryl methyl sites for hydroxylation is 1. The quantitative estimate of drug-likeness (QED) is 0.783. The van der Waals surface area contributed by atoms with E-state index in [0.717, 1.165) is 44.7 Å². The van der Waals surface area contributed by atoms with Gasteiger partial charge < -0.3 is 9.47 Å². The van der Waals surface area contributed by atoms with Crippen LogP contribution in [0.5, 0.6) is 0 Å². The molecule has 2 rings (SSSR count). The maximum Gasteiger partial charge on any atom is 0.239 e. The summed E-state index contributed by atoms with van der Waals surface area (Å²) in [5, 5.41) is 8.13. The fourth-order valence-electron chi connectivity index (χ4n) is 2.58. The molecule has 0 bridgehead atoms. The number of hydrogen-bond acceptors (Lipinski definition) is 4. The number of aromatic nitrogens is 3. The molecular formula is C14H25N5O. The van der Waals surface area contributed by atoms with Gasteiger partial charge in [-0.2, -0.15) is 0 Å². The summed E-state index contributed by atoms with van der Waals surface area (Å²) in [5.74, 6) is 1.15. The fraction of sp³-hybridized carbons (Fsp3) is 0.786. The summed E-state index contributed by atoms with van der Waals surface area (Å²) in [6, 6.07) is -0.111. The zero-order chi connectivity index (χ0) is 14.5. The smallest absolute Gasteiger partial charge is 0.239 e. The fourth-order valence-corrected chi connectivity index (χ4v) is 2.58. The zero-order valence-corrected chi connectivity index (χ0v) is 12.7. The third-order valence-corrected chi connectivity index (χ3v) is 3.99. The van der Waals surface area contributed by atoms with Gasteiger partial charge >= 0.3 is 0 Å². The van der Waals surface area contributed by atoms with E-state index in [9.17, 15) is 4.79 Å². The van der Waals surface area contributed by atoms with Crippen molar-refractivity contribution in [3.63, 3.8) is 0 Å². The first-order valence-corrected chi connectivity index (χ1v) is 7.49. The molecule has 1 fully saturated rings. The van der Waals surface area contributed by atoms with Crippen LogP contribution < -0.4 is 0 Å². The molecule has 2 heterocycles. The Labute approximate surface area is 120 Å². The molecule has 0 spiro atoms. The summed E-state index contributed by atoms with van der Waals surface area (Å²) in [6.07, 6.45) is 5.08. The van der Waals surface area contributed by atoms with Gasteiger partial charge in [-0.15, -0.1) is 10.2 Å². The average Bonchev–Trinajstić information content (AvgIpc) is 3.09. The van der Waals surface area contributed by atoms with Crippen molar-refractivity contribution >= 4 is 5.91 Å². The van der Waals surface area contributed by atoms with Crippen molar-refractivity contribution < 1.29 is 4.79 Å². The minimum absolute atomic E-state index is 0.111. The summed E-state index contributed by atoms with van der Waals surface area (Å²) in [4.78, 5) is 16.4. The Hall–Kier alpha value is -1.43. The van der Waals surface area contributed by atoms with Gasteiger partial charge in [0.15, 0.2) is 0 Å². The second kappa shape index (κ2) is 6.83. The lowest BCUT2D eigenvalue weighted by molar-refractivity contribution is -0.135. The molecule has 1 aliphatic rings. The van der Waals surface area contributed by atoms with Crippen LogP contribution in [0.3, 0.4) is 0 Å². The van der Waals surface area contributed by atoms with E-state index < -0.39 is 0 Å². The second-order valence-corrected chi connectivity index (χ2v) is 5.56. The standard InChI is InChI=1S/C14H25N5O/c1-4-7-19-11-15-16-13(19)10-17(3)12(2)14(20)18-8-5-6-9-18/h11-12H,4-10H2,1-3H3/t12-/m1/s1. The summed E-state index contributed by atoms with van der Waals surface area (Å²) < 4.78 is 2.06. The first-order valence-electron chi connectivity index (χ1n) is 7.49. The highest BCUT2D eigenvalue weighted by Gasteiger charge is 2.26. The topological polar surface area (TPSA) is 54.3 Å². The van der Waals surface area contributed by atoms with Crippen LogP contribution in [0.1, 0.15) is 38.9 Å². The van der Waals surface area contributed by atoms with E-state index in [1.807, 2.05) is 18.9 Å². The van der Waals surface area contributed by atoms with Crippen molar-refractivity contribution in [2.45, 2.75) is 52.2 Å². The zero-order valence-electron chi connectivity index (χ0n) is 12.7. The molecule has 112 valence electrons. The Kier molecular flexibility index (Phi) is 5.11. The van der Waals surface area contributed by atoms with Gasteiger partial charge in [0.05, 0.1) is 12.6 Å². The third-order valence-electron chi connectivity index (χ3n) is 3.99. The molecule has 0 saturated carbocycles. The van der Waals surface area contributed by atoms with E-state index in [2.05, 4.69) is 26.6 Å². The normalized spacial score (nSPS) is 16.9. The predicted molar refractivity (Wildman–Crippen MR) is 77.1 cm³/mol. The van der Waals surface area contributed by atoms with Crippen LogP contribution in [0.2, 0.25) is 0 Å². The van der Waals surface area contributed by atoms with Gasteiger partial charge in [0, 0.05) is 19.6 Å². The number of rotatable bonds is 6. The Balaban J connectivity index is 1.94. The van der Waals surface area contributed by atoms with Gasteiger partial charge in [0.1, 0.15) is 12.2 Å². The van der Waals surface area contributed by atoms with Gasteiger partial charge in [0.25, 0.3) is 0 Å². The predicted octanol–water partition coefficient (Wildman–Crippen LogP) is 1.13. The van der Waals surface area contributed by atoms with Crippen LogP contribution in [0.15, 0.2) is 6.33 Å². The molecule has 0 radical (unpaired) electrons. The maximum absolute atomic E-state index is 12.4. The molecule has 0 aromatic carbocycles. The lowest BCUT2D eigenvalue weighted by atomic mass is 10.2. The van der Waals surface area contributed by atoms with Gasteiger partial charge in [-0.05, 0) is 33.2 Å². The van der Waals surface area contributed by atoms with Crippen molar-refractivity contribution in [2.24, 2.45) is 0 Å². The number of likely N-dealkylation sites (N-methyl/N-ethyl adjacent to an activating group) is 1. The Bertz CT molecular complexity index is 439. The molecule has 0 aliphatic carbocycles. The van der Waals surface area contributed by atoms with E-state index in [1.165, 1.54) is 0 Å². The van der Waals surface area contributed by atoms with Gasteiger partial charge in [0.2, 0.25) is 5.91 Å². The van der Waals surface area contributed by atoms with E-state index in [4.69, 9.17) is 0 Å². The number of nitrogens with zero attached hydrogens (tertiary/aromatic N) is 5. The molecule has 1 saturated heterocycles. The van der Waals surface area contributed by atoms with Crippen LogP contribution in [0, 0.1) is 0 Å². The van der Waals surface area contributed by atoms with Gasteiger partial charge in [-0.3, -0.25) is 9.69 Å². The Morgan fingerprint density at radius 2 is 2.15 bits per heavy atom. The highest BCUT2D eigenvalue weighted by Crippen LogP contribution is 2.12. The SMILES string of the molecule is CCCn1cnnc1CN(C)[C@H](C)C(=O)N1CCCC1. The van der Waals surface area contributed by atoms with Crippen LogP contribution in [0.4, 0.5) is 0 Å². The monoisotopic (exact) mass is 279 g/mol. The molecule has 6 heteroatoms. The van der Waals surface area contributed by atoms with Crippen LogP contribution in [-0.4, -0.2) is 56.7 Å². The molecule has 6 nitrogen and oxygen atoms in total. The van der Waals surface area contributed by atoms with Crippen molar-refractivity contribution in [1.82, 2.24) is 24.6 Å². The van der Waals surface area contributed by atoms with Crippen molar-refractivity contribution in [3.8, 4) is 0 Å². The second-order valence-electron chi connectivity index (χ2n) is 5.56. The molecular weight excluding hydrogens is 254 g/mol. The molecule has 20 heavy (non-hydrogen) atoms. The first kappa shape index (κ1) is 15.0. The minimum atomic E-state index is -0.111. The number of hydrogen-bond donors (Lipinski definition) is 0. The molecule has 0 unspecified atom stereocenters. The molecule has 1 atom stereocenters. The largest absolute Gasteiger partial charge is 0.341 e. The summed E-state index contributed by atoms with van der Waals surface area (Å²) in [7, 11) is 1.98. The van der Waals surface area contributed by atoms with E-state index in [-0.39, 0.29) is 11.9 Å². The molecule has 0 N–H and O–H groups in total. The van der Waals surface area contributed by atoms with Crippen LogP contribution >= 0.6 is 0 Å². The van der Waals surface area contributed by atoms with Gasteiger partial charge in [-0.25, -0.2) is 0 Å². The minimum Gasteiger partial charge on any atom is -0.341 e. The lowest BCUT2D eigenvalue weighted by Gasteiger charge is -2.27. The summed E-state index contributed by atoms with van der Waals surface area (Å²) in [5.41, 5.74) is 0. The Morgan fingerprint density at radius 1 is 1.45 bits per heavy atom. The highest BCUT2D eigenvalue weighted by molar-refractivity contribution is 5.81. The number of carbonyl (C=O) groups is 1. The Morgan fingerprint density at radius 3 is 2.80 bits per heavy atom. The van der Waals surface area contributed by atoms with Crippen molar-refractivity contribution in [3.05, 3.63) is 12.2 Å². The van der Waals surface area contributed by atoms with Crippen molar-refractivity contribution in [1.29, 1.82) is 0 Å². The summed E-state index contributed by atoms with van der Waals surface area (Å²) >= 11 is 0. The van der Waals surface area contributed by atoms with Crippen molar-refractivity contribution in [2.75, 3.05) is 20.1 Å². The number of carbonyl (C=O) groups excluding carboxylic acids is 1. The maximum atomic E-state index is 12.4. The summed E-state index contributed by atoms with van der Waals surface area (Å²) in [6.45, 7) is 7.49. The average molecular weight is 279 g/mol. The third kappa shape index (κ3) is 3.36. The molecule has 1 amide bonds. The van der Waals surface area contributed by atoms with E-state index >= 15 is 0 Å². The number of likely N-dealkylation sites (tertiary alicyclic amines) is 1. The van der Waals surface area contributed by atoms with Crippen LogP contribution in [0.25, 0.3) is 0 Å². The first-order chi connectivity index (χ1) is 9.63. The van der Waals surface area contributed by atoms with E-state index in [0.29, 0.717) is 6.54 Å². The molecule has 1 aliphatic heterocycles. The number of amides is 1. The van der Waals surface area contributed by atoms with Crippen LogP contribution in [-0.2, 0) is 17.9 Å². The molecule has 1 aromatic heterocycles. The van der Waals surface area contributed by atoms with Gasteiger partial charge in [-0.1, -0.05) is 6.92 Å². The molecule has 1 aromatic rings.